The van der Waals surface area contributed by atoms with Crippen molar-refractivity contribution in [2.24, 2.45) is 0 Å². The number of halogens is 4. The Morgan fingerprint density at radius 3 is 2.26 bits per heavy atom. The van der Waals surface area contributed by atoms with Crippen LogP contribution in [0.3, 0.4) is 0 Å². The van der Waals surface area contributed by atoms with E-state index in [0.29, 0.717) is 10.5 Å². The summed E-state index contributed by atoms with van der Waals surface area (Å²) in [5.41, 5.74) is 0.586. The van der Waals surface area contributed by atoms with Gasteiger partial charge in [-0.3, -0.25) is 9.59 Å². The fourth-order valence-corrected chi connectivity index (χ4v) is 1.87. The number of hydrogen-bond acceptors (Lipinski definition) is 3. The van der Waals surface area contributed by atoms with Crippen molar-refractivity contribution in [2.75, 3.05) is 19.7 Å². The lowest BCUT2D eigenvalue weighted by Crippen LogP contribution is -2.43. The molecule has 0 N–H and O–H groups in total. The highest BCUT2D eigenvalue weighted by Crippen LogP contribution is 2.19. The predicted molar refractivity (Wildman–Crippen MR) is 74.0 cm³/mol. The van der Waals surface area contributed by atoms with Crippen molar-refractivity contribution in [1.82, 2.24) is 4.90 Å². The van der Waals surface area contributed by atoms with Crippen molar-refractivity contribution >= 4 is 11.9 Å². The van der Waals surface area contributed by atoms with Crippen LogP contribution in [0.2, 0.25) is 0 Å². The molecule has 0 aliphatic carbocycles. The normalized spacial score (nSPS) is 11.2. The van der Waals surface area contributed by atoms with Gasteiger partial charge in [-0.25, -0.2) is 4.39 Å². The molecule has 1 rings (SSSR count). The maximum atomic E-state index is 12.8. The summed E-state index contributed by atoms with van der Waals surface area (Å²) in [7, 11) is 0. The summed E-state index contributed by atoms with van der Waals surface area (Å²) in [5, 5.41) is 0. The third-order valence-electron chi connectivity index (χ3n) is 3.00. The molecule has 0 spiro atoms. The zero-order valence-electron chi connectivity index (χ0n) is 12.5. The lowest BCUT2D eigenvalue weighted by molar-refractivity contribution is -0.185. The van der Waals surface area contributed by atoms with Crippen LogP contribution >= 0.6 is 0 Å². The van der Waals surface area contributed by atoms with Gasteiger partial charge in [0.2, 0.25) is 0 Å². The quantitative estimate of drug-likeness (QED) is 0.569. The van der Waals surface area contributed by atoms with E-state index in [4.69, 9.17) is 0 Å². The van der Waals surface area contributed by atoms with Crippen LogP contribution in [-0.4, -0.2) is 42.6 Å². The van der Waals surface area contributed by atoms with Gasteiger partial charge in [-0.2, -0.15) is 13.2 Å². The van der Waals surface area contributed by atoms with Gasteiger partial charge in [0.15, 0.2) is 0 Å². The van der Waals surface area contributed by atoms with Gasteiger partial charge in [-0.05, 0) is 31.0 Å². The van der Waals surface area contributed by atoms with Gasteiger partial charge in [0.25, 0.3) is 0 Å². The maximum absolute atomic E-state index is 12.8. The molecule has 0 saturated carbocycles. The van der Waals surface area contributed by atoms with Crippen LogP contribution in [0.1, 0.15) is 18.9 Å². The number of esters is 1. The van der Waals surface area contributed by atoms with Gasteiger partial charge in [0.05, 0.1) is 13.0 Å². The molecule has 0 unspecified atom stereocenters. The SMILES string of the molecule is CCOC(=O)CCN(CCc1ccc(F)cc1)C(=O)C(F)(F)F. The van der Waals surface area contributed by atoms with Crippen LogP contribution in [0.15, 0.2) is 24.3 Å². The number of carbonyl (C=O) groups excluding carboxylic acids is 2. The first-order valence-corrected chi connectivity index (χ1v) is 7.00. The van der Waals surface area contributed by atoms with Gasteiger partial charge in [0, 0.05) is 13.1 Å². The van der Waals surface area contributed by atoms with E-state index in [2.05, 4.69) is 4.74 Å². The van der Waals surface area contributed by atoms with Crippen molar-refractivity contribution in [1.29, 1.82) is 0 Å². The number of alkyl halides is 3. The highest BCUT2D eigenvalue weighted by atomic mass is 19.4. The first kappa shape index (κ1) is 18.9. The summed E-state index contributed by atoms with van der Waals surface area (Å²) >= 11 is 0. The highest BCUT2D eigenvalue weighted by Gasteiger charge is 2.42. The lowest BCUT2D eigenvalue weighted by Gasteiger charge is -2.23. The molecule has 4 nitrogen and oxygen atoms in total. The van der Waals surface area contributed by atoms with E-state index < -0.39 is 30.4 Å². The lowest BCUT2D eigenvalue weighted by atomic mass is 10.1. The molecular formula is C15H17F4NO3. The Kier molecular flexibility index (Phi) is 6.99. The average Bonchev–Trinajstić information content (AvgIpc) is 2.48. The van der Waals surface area contributed by atoms with Crippen LogP contribution in [0.4, 0.5) is 17.6 Å². The Bertz CT molecular complexity index is 529. The third-order valence-corrected chi connectivity index (χ3v) is 3.00. The second-order valence-corrected chi connectivity index (χ2v) is 4.72. The molecule has 0 saturated heterocycles. The number of rotatable bonds is 7. The smallest absolute Gasteiger partial charge is 0.466 e. The molecule has 23 heavy (non-hydrogen) atoms. The minimum Gasteiger partial charge on any atom is -0.466 e. The monoisotopic (exact) mass is 335 g/mol. The van der Waals surface area contributed by atoms with Crippen molar-refractivity contribution in [3.63, 3.8) is 0 Å². The van der Waals surface area contributed by atoms with E-state index in [1.807, 2.05) is 0 Å². The van der Waals surface area contributed by atoms with E-state index in [1.165, 1.54) is 24.3 Å². The molecule has 128 valence electrons. The van der Waals surface area contributed by atoms with E-state index in [0.717, 1.165) is 0 Å². The van der Waals surface area contributed by atoms with Crippen LogP contribution in [0.5, 0.6) is 0 Å². The number of carbonyl (C=O) groups is 2. The van der Waals surface area contributed by atoms with Crippen LogP contribution < -0.4 is 0 Å². The molecule has 0 heterocycles. The maximum Gasteiger partial charge on any atom is 0.471 e. The van der Waals surface area contributed by atoms with Gasteiger partial charge < -0.3 is 9.64 Å². The van der Waals surface area contributed by atoms with Gasteiger partial charge in [-0.1, -0.05) is 12.1 Å². The summed E-state index contributed by atoms with van der Waals surface area (Å²) < 4.78 is 55.2. The van der Waals surface area contributed by atoms with Crippen molar-refractivity contribution in [3.8, 4) is 0 Å². The third kappa shape index (κ3) is 6.66. The zero-order chi connectivity index (χ0) is 17.5. The summed E-state index contributed by atoms with van der Waals surface area (Å²) in [6.07, 6.45) is -5.22. The molecule has 0 radical (unpaired) electrons. The Hall–Kier alpha value is -2.12. The number of ether oxygens (including phenoxy) is 1. The standard InChI is InChI=1S/C15H17F4NO3/c1-2-23-13(21)8-10-20(14(22)15(17,18)19)9-7-11-3-5-12(16)6-4-11/h3-6H,2,7-10H2,1H3. The number of benzene rings is 1. The molecule has 8 heteroatoms. The number of hydrogen-bond donors (Lipinski definition) is 0. The molecule has 1 aromatic carbocycles. The van der Waals surface area contributed by atoms with Gasteiger partial charge >= 0.3 is 18.1 Å². The molecule has 1 amide bonds. The molecular weight excluding hydrogens is 318 g/mol. The summed E-state index contributed by atoms with van der Waals surface area (Å²) in [5.74, 6) is -3.14. The van der Waals surface area contributed by atoms with Gasteiger partial charge in [-0.15, -0.1) is 0 Å². The molecule has 0 atom stereocenters. The Balaban J connectivity index is 2.68. The minimum atomic E-state index is -5.02. The number of amides is 1. The van der Waals surface area contributed by atoms with Crippen molar-refractivity contribution < 1.29 is 31.9 Å². The Labute approximate surface area is 131 Å². The van der Waals surface area contributed by atoms with E-state index in [1.54, 1.807) is 6.92 Å². The highest BCUT2D eigenvalue weighted by molar-refractivity contribution is 5.82. The average molecular weight is 335 g/mol. The topological polar surface area (TPSA) is 46.6 Å². The predicted octanol–water partition coefficient (Wildman–Crippen LogP) is 2.71. The first-order chi connectivity index (χ1) is 10.7. The molecule has 0 fully saturated rings. The molecule has 0 bridgehead atoms. The molecule has 0 aliphatic rings. The zero-order valence-corrected chi connectivity index (χ0v) is 12.5. The molecule has 0 aromatic heterocycles. The summed E-state index contributed by atoms with van der Waals surface area (Å²) in [4.78, 5) is 23.2. The first-order valence-electron chi connectivity index (χ1n) is 7.00. The Morgan fingerprint density at radius 2 is 1.74 bits per heavy atom. The number of nitrogens with zero attached hydrogens (tertiary/aromatic N) is 1. The fourth-order valence-electron chi connectivity index (χ4n) is 1.87. The van der Waals surface area contributed by atoms with Crippen LogP contribution in [-0.2, 0) is 20.7 Å². The second-order valence-electron chi connectivity index (χ2n) is 4.72. The van der Waals surface area contributed by atoms with E-state index >= 15 is 0 Å². The molecule has 1 aromatic rings. The van der Waals surface area contributed by atoms with Crippen molar-refractivity contribution in [3.05, 3.63) is 35.6 Å². The second kappa shape index (κ2) is 8.50. The molecule has 0 aliphatic heterocycles. The van der Waals surface area contributed by atoms with Crippen LogP contribution in [0.25, 0.3) is 0 Å². The largest absolute Gasteiger partial charge is 0.471 e. The van der Waals surface area contributed by atoms with Crippen LogP contribution in [0, 0.1) is 5.82 Å². The Morgan fingerprint density at radius 1 is 1.13 bits per heavy atom. The van der Waals surface area contributed by atoms with Crippen molar-refractivity contribution in [2.45, 2.75) is 25.9 Å². The van der Waals surface area contributed by atoms with E-state index in [-0.39, 0.29) is 26.0 Å². The van der Waals surface area contributed by atoms with E-state index in [9.17, 15) is 27.2 Å². The minimum absolute atomic E-state index is 0.113. The fraction of sp³-hybridized carbons (Fsp3) is 0.467. The van der Waals surface area contributed by atoms with Gasteiger partial charge in [0.1, 0.15) is 5.82 Å². The summed E-state index contributed by atoms with van der Waals surface area (Å²) in [6, 6.07) is 5.22. The summed E-state index contributed by atoms with van der Waals surface area (Å²) in [6.45, 7) is 1.06.